The van der Waals surface area contributed by atoms with Gasteiger partial charge < -0.3 is 35.0 Å². The lowest BCUT2D eigenvalue weighted by atomic mass is 9.98. The van der Waals surface area contributed by atoms with Gasteiger partial charge in [-0.3, -0.25) is 0 Å². The molecule has 0 spiro atoms. The van der Waals surface area contributed by atoms with Crippen molar-refractivity contribution in [3.05, 3.63) is 35.4 Å². The minimum Gasteiger partial charge on any atom is -0.402 e. The number of benzene rings is 1. The van der Waals surface area contributed by atoms with Crippen molar-refractivity contribution in [3.8, 4) is 0 Å². The third-order valence-electron chi connectivity index (χ3n) is 3.53. The van der Waals surface area contributed by atoms with E-state index >= 15 is 0 Å². The van der Waals surface area contributed by atoms with Gasteiger partial charge in [0.15, 0.2) is 6.10 Å². The van der Waals surface area contributed by atoms with Crippen molar-refractivity contribution in [2.75, 3.05) is 6.61 Å². The van der Waals surface area contributed by atoms with Crippen molar-refractivity contribution in [2.24, 2.45) is 0 Å². The van der Waals surface area contributed by atoms with Crippen molar-refractivity contribution in [1.29, 1.82) is 0 Å². The highest BCUT2D eigenvalue weighted by Crippen LogP contribution is 2.30. The molecule has 8 nitrogen and oxygen atoms in total. The average Bonchev–Trinajstić information content (AvgIpc) is 2.49. The summed E-state index contributed by atoms with van der Waals surface area (Å²) in [5.41, 5.74) is 0.702. The Morgan fingerprint density at radius 2 is 1.91 bits per heavy atom. The number of carbonyl (C=O) groups is 1. The Morgan fingerprint density at radius 1 is 1.27 bits per heavy atom. The third kappa shape index (κ3) is 2.98. The summed E-state index contributed by atoms with van der Waals surface area (Å²) in [6, 6.07) is 6.38. The molecule has 8 heteroatoms. The number of aliphatic hydroxyl groups excluding tert-OH is 4. The number of hydrogen-bond donors (Lipinski definition) is 5. The van der Waals surface area contributed by atoms with E-state index in [-0.39, 0.29) is 5.56 Å². The zero-order valence-corrected chi connectivity index (χ0v) is 11.8. The minimum absolute atomic E-state index is 0.132. The summed E-state index contributed by atoms with van der Waals surface area (Å²) >= 11 is 0. The predicted octanol–water partition coefficient (Wildman–Crippen LogP) is -1.73. The van der Waals surface area contributed by atoms with E-state index in [1.54, 1.807) is 25.1 Å². The summed E-state index contributed by atoms with van der Waals surface area (Å²) in [5.74, 6) is -3.87. The van der Waals surface area contributed by atoms with Crippen LogP contribution in [0.2, 0.25) is 0 Å². The summed E-state index contributed by atoms with van der Waals surface area (Å²) in [4.78, 5) is 12.1. The fourth-order valence-electron chi connectivity index (χ4n) is 2.20. The standard InChI is InChI=1S/C14H18O8/c1-7-4-2-3-5-8(7)13(19)22-14(20)12(18)11(17)10(16)9(6-15)21-14/h2-5,9-12,15-18,20H,6H2,1H3/t9-,10-,11+,12-,14?/m1/s1. The molecule has 0 bridgehead atoms. The van der Waals surface area contributed by atoms with Crippen LogP contribution in [0.4, 0.5) is 0 Å². The quantitative estimate of drug-likeness (QED) is 0.328. The van der Waals surface area contributed by atoms with E-state index in [1.165, 1.54) is 6.07 Å². The molecule has 5 N–H and O–H groups in total. The molecule has 5 atom stereocenters. The van der Waals surface area contributed by atoms with Crippen molar-refractivity contribution >= 4 is 5.97 Å². The number of aliphatic hydroxyl groups is 5. The van der Waals surface area contributed by atoms with Gasteiger partial charge in [-0.1, -0.05) is 18.2 Å². The Labute approximate surface area is 126 Å². The SMILES string of the molecule is Cc1ccccc1C(=O)OC1(O)O[C@H](CO)[C@@H](O)[C@H](O)[C@H]1O. The highest BCUT2D eigenvalue weighted by atomic mass is 16.8. The fourth-order valence-corrected chi connectivity index (χ4v) is 2.20. The molecule has 0 amide bonds. The van der Waals surface area contributed by atoms with Gasteiger partial charge in [0.2, 0.25) is 0 Å². The van der Waals surface area contributed by atoms with Gasteiger partial charge >= 0.3 is 11.9 Å². The zero-order valence-electron chi connectivity index (χ0n) is 11.8. The normalized spacial score (nSPS) is 35.2. The van der Waals surface area contributed by atoms with Crippen LogP contribution in [0.5, 0.6) is 0 Å². The van der Waals surface area contributed by atoms with Crippen molar-refractivity contribution in [2.45, 2.75) is 37.3 Å². The van der Waals surface area contributed by atoms with E-state index in [1.807, 2.05) is 0 Å². The van der Waals surface area contributed by atoms with Crippen molar-refractivity contribution in [1.82, 2.24) is 0 Å². The molecule has 122 valence electrons. The van der Waals surface area contributed by atoms with Gasteiger partial charge in [0.1, 0.15) is 18.3 Å². The molecule has 1 aliphatic heterocycles. The molecule has 0 aromatic heterocycles. The summed E-state index contributed by atoms with van der Waals surface area (Å²) in [7, 11) is 0. The molecule has 0 saturated carbocycles. The Kier molecular flexibility index (Phi) is 4.81. The van der Waals surface area contributed by atoms with Crippen LogP contribution >= 0.6 is 0 Å². The van der Waals surface area contributed by atoms with Crippen LogP contribution in [-0.4, -0.2) is 68.5 Å². The molecule has 0 radical (unpaired) electrons. The van der Waals surface area contributed by atoms with Gasteiger partial charge in [-0.15, -0.1) is 0 Å². The second kappa shape index (κ2) is 6.29. The topological polar surface area (TPSA) is 137 Å². The number of ether oxygens (including phenoxy) is 2. The molecule has 1 aromatic rings. The molecule has 22 heavy (non-hydrogen) atoms. The minimum atomic E-state index is -2.88. The predicted molar refractivity (Wildman–Crippen MR) is 71.5 cm³/mol. The highest BCUT2D eigenvalue weighted by molar-refractivity contribution is 5.91. The van der Waals surface area contributed by atoms with Crippen LogP contribution in [0.15, 0.2) is 24.3 Å². The number of aryl methyl sites for hydroxylation is 1. The maximum atomic E-state index is 12.1. The summed E-state index contributed by atoms with van der Waals surface area (Å²) in [5, 5.41) is 48.3. The molecule has 1 fully saturated rings. The zero-order chi connectivity index (χ0) is 16.5. The Hall–Kier alpha value is -1.55. The molecule has 1 aromatic carbocycles. The van der Waals surface area contributed by atoms with E-state index in [0.717, 1.165) is 0 Å². The number of hydrogen-bond acceptors (Lipinski definition) is 8. The lowest BCUT2D eigenvalue weighted by Gasteiger charge is -2.43. The largest absolute Gasteiger partial charge is 0.402 e. The molecule has 1 unspecified atom stereocenters. The molecule has 1 saturated heterocycles. The first-order valence-electron chi connectivity index (χ1n) is 6.64. The molecule has 0 aliphatic carbocycles. The van der Waals surface area contributed by atoms with E-state index in [9.17, 15) is 25.2 Å². The average molecular weight is 314 g/mol. The first-order valence-corrected chi connectivity index (χ1v) is 6.64. The second-order valence-electron chi connectivity index (χ2n) is 5.10. The molecule has 2 rings (SSSR count). The smallest absolute Gasteiger partial charge is 0.357 e. The number of carbonyl (C=O) groups excluding carboxylic acids is 1. The monoisotopic (exact) mass is 314 g/mol. The number of rotatable bonds is 3. The summed E-state index contributed by atoms with van der Waals surface area (Å²) in [6.07, 6.45) is -7.02. The first-order chi connectivity index (χ1) is 10.3. The fraction of sp³-hybridized carbons (Fsp3) is 0.500. The van der Waals surface area contributed by atoms with E-state index in [4.69, 9.17) is 14.6 Å². The first kappa shape index (κ1) is 16.8. The van der Waals surface area contributed by atoms with Crippen molar-refractivity contribution < 1.29 is 39.8 Å². The Bertz CT molecular complexity index is 545. The maximum Gasteiger partial charge on any atom is 0.357 e. The van der Waals surface area contributed by atoms with Gasteiger partial charge in [-0.25, -0.2) is 4.79 Å². The summed E-state index contributed by atoms with van der Waals surface area (Å²) in [6.45, 7) is 0.892. The van der Waals surface area contributed by atoms with Crippen LogP contribution in [0.3, 0.4) is 0 Å². The van der Waals surface area contributed by atoms with Gasteiger partial charge in [0, 0.05) is 0 Å². The highest BCUT2D eigenvalue weighted by Gasteiger charge is 2.55. The maximum absolute atomic E-state index is 12.1. The van der Waals surface area contributed by atoms with E-state index in [0.29, 0.717) is 5.56 Å². The molecule has 1 aliphatic rings. The second-order valence-corrected chi connectivity index (χ2v) is 5.10. The molecule has 1 heterocycles. The van der Waals surface area contributed by atoms with Crippen molar-refractivity contribution in [3.63, 3.8) is 0 Å². The lowest BCUT2D eigenvalue weighted by Crippen LogP contribution is -2.66. The van der Waals surface area contributed by atoms with Crippen LogP contribution in [0.1, 0.15) is 15.9 Å². The van der Waals surface area contributed by atoms with Gasteiger partial charge in [-0.05, 0) is 18.6 Å². The lowest BCUT2D eigenvalue weighted by molar-refractivity contribution is -0.430. The van der Waals surface area contributed by atoms with Gasteiger partial charge in [-0.2, -0.15) is 0 Å². The summed E-state index contributed by atoms with van der Waals surface area (Å²) < 4.78 is 9.62. The molecular weight excluding hydrogens is 296 g/mol. The van der Waals surface area contributed by atoms with Gasteiger partial charge in [0.25, 0.3) is 0 Å². The van der Waals surface area contributed by atoms with Crippen LogP contribution in [0, 0.1) is 6.92 Å². The Balaban J connectivity index is 2.23. The van der Waals surface area contributed by atoms with Crippen LogP contribution < -0.4 is 0 Å². The molecular formula is C14H18O8. The van der Waals surface area contributed by atoms with Crippen LogP contribution in [-0.2, 0) is 9.47 Å². The third-order valence-corrected chi connectivity index (χ3v) is 3.53. The van der Waals surface area contributed by atoms with Gasteiger partial charge in [0.05, 0.1) is 12.2 Å². The van der Waals surface area contributed by atoms with E-state index in [2.05, 4.69) is 0 Å². The Morgan fingerprint density at radius 3 is 2.50 bits per heavy atom. The number of esters is 1. The van der Waals surface area contributed by atoms with E-state index < -0.39 is 43.0 Å². The van der Waals surface area contributed by atoms with Crippen LogP contribution in [0.25, 0.3) is 0 Å².